The largest absolute Gasteiger partial charge is 0.349 e. The van der Waals surface area contributed by atoms with Gasteiger partial charge in [0.2, 0.25) is 5.91 Å². The van der Waals surface area contributed by atoms with Crippen molar-refractivity contribution in [3.8, 4) is 0 Å². The van der Waals surface area contributed by atoms with Gasteiger partial charge in [0.15, 0.2) is 0 Å². The van der Waals surface area contributed by atoms with Crippen LogP contribution in [0.1, 0.15) is 50.4 Å². The first-order valence-corrected chi connectivity index (χ1v) is 7.97. The number of aromatic nitrogens is 2. The van der Waals surface area contributed by atoms with Crippen molar-refractivity contribution in [2.75, 3.05) is 13.1 Å². The molecule has 1 aromatic rings. The van der Waals surface area contributed by atoms with Gasteiger partial charge in [0, 0.05) is 25.2 Å². The topological polar surface area (TPSA) is 59.0 Å². The zero-order valence-electron chi connectivity index (χ0n) is 14.1. The Morgan fingerprint density at radius 1 is 1.55 bits per heavy atom. The molecule has 0 spiro atoms. The van der Waals surface area contributed by atoms with Crippen LogP contribution in [0.15, 0.2) is 6.20 Å². The van der Waals surface area contributed by atoms with E-state index in [9.17, 15) is 4.79 Å². The Balaban J connectivity index is 0.00000242. The van der Waals surface area contributed by atoms with Gasteiger partial charge in [-0.15, -0.1) is 12.4 Å². The van der Waals surface area contributed by atoms with Crippen LogP contribution in [0.4, 0.5) is 0 Å². The first kappa shape index (κ1) is 19.0. The molecular weight excluding hydrogens is 300 g/mol. The van der Waals surface area contributed by atoms with Gasteiger partial charge in [0.25, 0.3) is 0 Å². The fraction of sp³-hybridized carbons (Fsp3) is 0.750. The average Bonchev–Trinajstić information content (AvgIpc) is 2.78. The second-order valence-electron chi connectivity index (χ2n) is 6.42. The highest BCUT2D eigenvalue weighted by atomic mass is 35.5. The lowest BCUT2D eigenvalue weighted by atomic mass is 9.85. The number of nitrogens with one attached hydrogen (secondary N) is 2. The molecule has 0 radical (unpaired) electrons. The molecule has 22 heavy (non-hydrogen) atoms. The molecule has 6 heteroatoms. The van der Waals surface area contributed by atoms with Gasteiger partial charge in [-0.05, 0) is 51.6 Å². The molecule has 3 unspecified atom stereocenters. The smallest absolute Gasteiger partial charge is 0.220 e. The van der Waals surface area contributed by atoms with Gasteiger partial charge in [0.05, 0.1) is 11.7 Å². The number of hydrogen-bond donors (Lipinski definition) is 2. The van der Waals surface area contributed by atoms with Gasteiger partial charge in [-0.3, -0.25) is 9.48 Å². The molecule has 1 saturated heterocycles. The molecule has 3 atom stereocenters. The summed E-state index contributed by atoms with van der Waals surface area (Å²) in [5, 5.41) is 10.9. The molecule has 0 bridgehead atoms. The third kappa shape index (κ3) is 4.99. The van der Waals surface area contributed by atoms with Gasteiger partial charge in [0.1, 0.15) is 0 Å². The minimum atomic E-state index is 0. The van der Waals surface area contributed by atoms with E-state index in [0.717, 1.165) is 24.3 Å². The van der Waals surface area contributed by atoms with Gasteiger partial charge in [-0.25, -0.2) is 0 Å². The van der Waals surface area contributed by atoms with Crippen molar-refractivity contribution in [3.63, 3.8) is 0 Å². The van der Waals surface area contributed by atoms with E-state index in [4.69, 9.17) is 0 Å². The Hall–Kier alpha value is -1.07. The average molecular weight is 329 g/mol. The summed E-state index contributed by atoms with van der Waals surface area (Å²) in [4.78, 5) is 12.2. The number of nitrogens with zero attached hydrogens (tertiary/aromatic N) is 2. The second-order valence-corrected chi connectivity index (χ2v) is 6.42. The highest BCUT2D eigenvalue weighted by Crippen LogP contribution is 2.23. The van der Waals surface area contributed by atoms with Crippen molar-refractivity contribution in [3.05, 3.63) is 17.5 Å². The minimum absolute atomic E-state index is 0. The minimum Gasteiger partial charge on any atom is -0.349 e. The molecule has 2 N–H and O–H groups in total. The Morgan fingerprint density at radius 3 is 2.82 bits per heavy atom. The van der Waals surface area contributed by atoms with Gasteiger partial charge in [-0.1, -0.05) is 6.92 Å². The highest BCUT2D eigenvalue weighted by molar-refractivity contribution is 5.85. The number of halogens is 1. The number of aryl methyl sites for hydroxylation is 2. The van der Waals surface area contributed by atoms with Crippen LogP contribution in [0.5, 0.6) is 0 Å². The lowest BCUT2D eigenvalue weighted by Gasteiger charge is -2.28. The molecule has 0 aromatic carbocycles. The number of amides is 1. The monoisotopic (exact) mass is 328 g/mol. The second kappa shape index (κ2) is 8.53. The summed E-state index contributed by atoms with van der Waals surface area (Å²) in [6, 6.07) is 0.0166. The normalized spacial score (nSPS) is 20.8. The fourth-order valence-electron chi connectivity index (χ4n) is 3.24. The molecule has 2 rings (SSSR count). The predicted molar refractivity (Wildman–Crippen MR) is 91.1 cm³/mol. The van der Waals surface area contributed by atoms with Crippen LogP contribution in [0, 0.1) is 18.8 Å². The summed E-state index contributed by atoms with van der Waals surface area (Å²) < 4.78 is 1.80. The van der Waals surface area contributed by atoms with Gasteiger partial charge < -0.3 is 10.6 Å². The van der Waals surface area contributed by atoms with Gasteiger partial charge >= 0.3 is 0 Å². The van der Waals surface area contributed by atoms with Crippen LogP contribution in [0.3, 0.4) is 0 Å². The van der Waals surface area contributed by atoms with E-state index < -0.39 is 0 Å². The lowest BCUT2D eigenvalue weighted by Crippen LogP contribution is -2.36. The van der Waals surface area contributed by atoms with E-state index in [1.807, 2.05) is 27.1 Å². The SMILES string of the molecule is Cc1nn(C)cc1C(C)NC(=O)CC(C)C1CCCNC1.Cl. The molecule has 2 heterocycles. The van der Waals surface area contributed by atoms with E-state index in [1.54, 1.807) is 4.68 Å². The number of carbonyl (C=O) groups excluding carboxylic acids is 1. The maximum Gasteiger partial charge on any atom is 0.220 e. The van der Waals surface area contributed by atoms with Crippen LogP contribution < -0.4 is 10.6 Å². The van der Waals surface area contributed by atoms with E-state index in [2.05, 4.69) is 22.7 Å². The Kier molecular flexibility index (Phi) is 7.36. The molecule has 1 aliphatic heterocycles. The van der Waals surface area contributed by atoms with Crippen molar-refractivity contribution < 1.29 is 4.79 Å². The van der Waals surface area contributed by atoms with Crippen LogP contribution >= 0.6 is 12.4 Å². The van der Waals surface area contributed by atoms with Crippen LogP contribution in [0.2, 0.25) is 0 Å². The van der Waals surface area contributed by atoms with Crippen LogP contribution in [-0.4, -0.2) is 28.8 Å². The van der Waals surface area contributed by atoms with E-state index >= 15 is 0 Å². The molecule has 1 amide bonds. The summed E-state index contributed by atoms with van der Waals surface area (Å²) in [7, 11) is 1.91. The summed E-state index contributed by atoms with van der Waals surface area (Å²) in [6.07, 6.45) is 5.05. The zero-order valence-corrected chi connectivity index (χ0v) is 14.9. The summed E-state index contributed by atoms with van der Waals surface area (Å²) >= 11 is 0. The molecule has 1 aliphatic rings. The number of carbonyl (C=O) groups is 1. The molecule has 1 fully saturated rings. The molecular formula is C16H29ClN4O. The first-order chi connectivity index (χ1) is 9.97. The molecule has 5 nitrogen and oxygen atoms in total. The maximum absolute atomic E-state index is 12.2. The first-order valence-electron chi connectivity index (χ1n) is 7.97. The maximum atomic E-state index is 12.2. The fourth-order valence-corrected chi connectivity index (χ4v) is 3.24. The van der Waals surface area contributed by atoms with E-state index in [-0.39, 0.29) is 24.4 Å². The third-order valence-corrected chi connectivity index (χ3v) is 4.54. The van der Waals surface area contributed by atoms with Crippen molar-refractivity contribution in [1.29, 1.82) is 0 Å². The molecule has 126 valence electrons. The quantitative estimate of drug-likeness (QED) is 0.872. The zero-order chi connectivity index (χ0) is 15.4. The van der Waals surface area contributed by atoms with Crippen molar-refractivity contribution in [2.45, 2.75) is 46.1 Å². The lowest BCUT2D eigenvalue weighted by molar-refractivity contribution is -0.123. The standard InChI is InChI=1S/C16H28N4O.ClH/c1-11(14-6-5-7-17-9-14)8-16(21)18-12(2)15-10-20(4)19-13(15)3;/h10-12,14,17H,5-9H2,1-4H3,(H,18,21);1H. The van der Waals surface area contributed by atoms with E-state index in [0.29, 0.717) is 18.3 Å². The Bertz CT molecular complexity index is 482. The number of hydrogen-bond acceptors (Lipinski definition) is 3. The van der Waals surface area contributed by atoms with Crippen molar-refractivity contribution >= 4 is 18.3 Å². The Labute approximate surface area is 139 Å². The predicted octanol–water partition coefficient (Wildman–Crippen LogP) is 2.35. The highest BCUT2D eigenvalue weighted by Gasteiger charge is 2.23. The Morgan fingerprint density at radius 2 is 2.27 bits per heavy atom. The summed E-state index contributed by atoms with van der Waals surface area (Å²) in [6.45, 7) is 8.36. The van der Waals surface area contributed by atoms with Crippen LogP contribution in [0.25, 0.3) is 0 Å². The van der Waals surface area contributed by atoms with Crippen molar-refractivity contribution in [2.24, 2.45) is 18.9 Å². The number of rotatable bonds is 5. The summed E-state index contributed by atoms with van der Waals surface area (Å²) in [5.74, 6) is 1.20. The van der Waals surface area contributed by atoms with Gasteiger partial charge in [-0.2, -0.15) is 5.10 Å². The van der Waals surface area contributed by atoms with E-state index in [1.165, 1.54) is 12.8 Å². The molecule has 0 aliphatic carbocycles. The summed E-state index contributed by atoms with van der Waals surface area (Å²) in [5.41, 5.74) is 2.08. The van der Waals surface area contributed by atoms with Crippen molar-refractivity contribution in [1.82, 2.24) is 20.4 Å². The molecule has 1 aromatic heterocycles. The third-order valence-electron chi connectivity index (χ3n) is 4.54. The number of piperidine rings is 1. The van der Waals surface area contributed by atoms with Crippen LogP contribution in [-0.2, 0) is 11.8 Å². The molecule has 0 saturated carbocycles.